The Morgan fingerprint density at radius 1 is 1.63 bits per heavy atom. The Balaban J connectivity index is 0.00000180. The van der Waals surface area contributed by atoms with Crippen molar-refractivity contribution in [3.63, 3.8) is 0 Å². The molecule has 5 nitrogen and oxygen atoms in total. The standard InChI is InChI=1S/C13H21N3O2.ClH/c1-13(14)7-4-3-5-11(13)12(17)16(2)9-10-6-8-18-15-10;/h6,8,11H,3-5,7,9,14H2,1-2H3;1H. The lowest BCUT2D eigenvalue weighted by Crippen LogP contribution is -2.53. The Morgan fingerprint density at radius 2 is 2.37 bits per heavy atom. The maximum Gasteiger partial charge on any atom is 0.227 e. The van der Waals surface area contributed by atoms with Crippen molar-refractivity contribution < 1.29 is 9.32 Å². The molecule has 108 valence electrons. The highest BCUT2D eigenvalue weighted by atomic mass is 35.5. The second-order valence-electron chi connectivity index (χ2n) is 5.49. The van der Waals surface area contributed by atoms with Gasteiger partial charge in [0.15, 0.2) is 0 Å². The summed E-state index contributed by atoms with van der Waals surface area (Å²) in [6.45, 7) is 2.46. The lowest BCUT2D eigenvalue weighted by molar-refractivity contribution is -0.138. The first-order chi connectivity index (χ1) is 8.50. The molecular formula is C13H22ClN3O2. The van der Waals surface area contributed by atoms with Gasteiger partial charge in [0.25, 0.3) is 0 Å². The van der Waals surface area contributed by atoms with Crippen LogP contribution in [0, 0.1) is 5.92 Å². The Labute approximate surface area is 119 Å². The fourth-order valence-electron chi connectivity index (χ4n) is 2.67. The van der Waals surface area contributed by atoms with Crippen molar-refractivity contribution in [3.05, 3.63) is 18.0 Å². The van der Waals surface area contributed by atoms with Gasteiger partial charge in [-0.3, -0.25) is 4.79 Å². The van der Waals surface area contributed by atoms with E-state index < -0.39 is 0 Å². The number of nitrogens with two attached hydrogens (primary N) is 1. The minimum atomic E-state index is -0.382. The second kappa shape index (κ2) is 6.39. The van der Waals surface area contributed by atoms with E-state index >= 15 is 0 Å². The number of hydrogen-bond acceptors (Lipinski definition) is 4. The first-order valence-electron chi connectivity index (χ1n) is 6.44. The van der Waals surface area contributed by atoms with Gasteiger partial charge in [-0.2, -0.15) is 0 Å². The summed E-state index contributed by atoms with van der Waals surface area (Å²) >= 11 is 0. The van der Waals surface area contributed by atoms with Crippen molar-refractivity contribution in [1.82, 2.24) is 10.1 Å². The molecule has 1 heterocycles. The highest BCUT2D eigenvalue weighted by Crippen LogP contribution is 2.32. The summed E-state index contributed by atoms with van der Waals surface area (Å²) in [5, 5.41) is 3.82. The number of carbonyl (C=O) groups is 1. The lowest BCUT2D eigenvalue weighted by atomic mass is 9.74. The number of rotatable bonds is 3. The highest BCUT2D eigenvalue weighted by molar-refractivity contribution is 5.85. The molecule has 1 aromatic heterocycles. The molecule has 0 saturated heterocycles. The van der Waals surface area contributed by atoms with E-state index in [9.17, 15) is 4.79 Å². The van der Waals surface area contributed by atoms with Crippen LogP contribution in [0.4, 0.5) is 0 Å². The number of halogens is 1. The minimum Gasteiger partial charge on any atom is -0.364 e. The molecule has 1 amide bonds. The zero-order chi connectivity index (χ0) is 13.2. The molecule has 2 atom stereocenters. The van der Waals surface area contributed by atoms with E-state index in [4.69, 9.17) is 10.3 Å². The fourth-order valence-corrected chi connectivity index (χ4v) is 2.67. The zero-order valence-corrected chi connectivity index (χ0v) is 12.3. The summed E-state index contributed by atoms with van der Waals surface area (Å²) in [6, 6.07) is 1.77. The van der Waals surface area contributed by atoms with Crippen LogP contribution in [0.5, 0.6) is 0 Å². The average Bonchev–Trinajstić information content (AvgIpc) is 2.80. The van der Waals surface area contributed by atoms with Gasteiger partial charge < -0.3 is 15.2 Å². The molecular weight excluding hydrogens is 266 g/mol. The number of amides is 1. The van der Waals surface area contributed by atoms with Crippen molar-refractivity contribution in [2.24, 2.45) is 11.7 Å². The van der Waals surface area contributed by atoms with Crippen LogP contribution >= 0.6 is 12.4 Å². The summed E-state index contributed by atoms with van der Waals surface area (Å²) in [7, 11) is 1.79. The largest absolute Gasteiger partial charge is 0.364 e. The second-order valence-corrected chi connectivity index (χ2v) is 5.49. The molecule has 6 heteroatoms. The van der Waals surface area contributed by atoms with Crippen LogP contribution < -0.4 is 5.73 Å². The maximum absolute atomic E-state index is 12.4. The molecule has 1 saturated carbocycles. The van der Waals surface area contributed by atoms with E-state index in [2.05, 4.69) is 5.16 Å². The van der Waals surface area contributed by atoms with E-state index in [-0.39, 0.29) is 29.8 Å². The number of hydrogen-bond donors (Lipinski definition) is 1. The summed E-state index contributed by atoms with van der Waals surface area (Å²) in [5.41, 5.74) is 6.64. The van der Waals surface area contributed by atoms with Gasteiger partial charge in [0.2, 0.25) is 5.91 Å². The molecule has 2 N–H and O–H groups in total. The monoisotopic (exact) mass is 287 g/mol. The molecule has 0 bridgehead atoms. The van der Waals surface area contributed by atoms with Gasteiger partial charge in [0.1, 0.15) is 12.0 Å². The first kappa shape index (κ1) is 16.0. The molecule has 2 unspecified atom stereocenters. The minimum absolute atomic E-state index is 0. The third kappa shape index (κ3) is 3.70. The van der Waals surface area contributed by atoms with E-state index in [1.54, 1.807) is 18.0 Å². The van der Waals surface area contributed by atoms with Gasteiger partial charge in [0.05, 0.1) is 12.5 Å². The average molecular weight is 288 g/mol. The Hall–Kier alpha value is -1.07. The molecule has 19 heavy (non-hydrogen) atoms. The van der Waals surface area contributed by atoms with Gasteiger partial charge in [-0.15, -0.1) is 12.4 Å². The fraction of sp³-hybridized carbons (Fsp3) is 0.692. The van der Waals surface area contributed by atoms with Gasteiger partial charge >= 0.3 is 0 Å². The predicted octanol–water partition coefficient (Wildman–Crippen LogP) is 1.96. The lowest BCUT2D eigenvalue weighted by Gasteiger charge is -2.39. The van der Waals surface area contributed by atoms with E-state index in [1.165, 1.54) is 6.26 Å². The molecule has 0 aromatic carbocycles. The Bertz CT molecular complexity index is 406. The summed E-state index contributed by atoms with van der Waals surface area (Å²) in [4.78, 5) is 14.1. The maximum atomic E-state index is 12.4. The van der Waals surface area contributed by atoms with E-state index in [1.807, 2.05) is 6.92 Å². The zero-order valence-electron chi connectivity index (χ0n) is 11.5. The van der Waals surface area contributed by atoms with E-state index in [0.717, 1.165) is 31.4 Å². The van der Waals surface area contributed by atoms with Crippen molar-refractivity contribution in [3.8, 4) is 0 Å². The third-order valence-corrected chi connectivity index (χ3v) is 3.82. The van der Waals surface area contributed by atoms with Crippen LogP contribution in [-0.4, -0.2) is 28.6 Å². The summed E-state index contributed by atoms with van der Waals surface area (Å²) in [6.07, 6.45) is 5.52. The van der Waals surface area contributed by atoms with Crippen molar-refractivity contribution >= 4 is 18.3 Å². The van der Waals surface area contributed by atoms with E-state index in [0.29, 0.717) is 6.54 Å². The number of nitrogens with zero attached hydrogens (tertiary/aromatic N) is 2. The van der Waals surface area contributed by atoms with Crippen LogP contribution in [0.2, 0.25) is 0 Å². The van der Waals surface area contributed by atoms with Gasteiger partial charge in [-0.1, -0.05) is 18.0 Å². The molecule has 0 spiro atoms. The SMILES string of the molecule is CN(Cc1ccon1)C(=O)C1CCCCC1(C)N.Cl. The van der Waals surface area contributed by atoms with Gasteiger partial charge in [-0.05, 0) is 19.8 Å². The first-order valence-corrected chi connectivity index (χ1v) is 6.44. The van der Waals surface area contributed by atoms with Crippen LogP contribution in [-0.2, 0) is 11.3 Å². The van der Waals surface area contributed by atoms with Gasteiger partial charge in [0, 0.05) is 18.7 Å². The number of aromatic nitrogens is 1. The molecule has 1 aliphatic rings. The molecule has 0 radical (unpaired) electrons. The summed E-state index contributed by atoms with van der Waals surface area (Å²) < 4.78 is 4.77. The number of carbonyl (C=O) groups excluding carboxylic acids is 1. The molecule has 0 aliphatic heterocycles. The highest BCUT2D eigenvalue weighted by Gasteiger charge is 2.39. The normalized spacial score (nSPS) is 26.6. The van der Waals surface area contributed by atoms with Crippen LogP contribution in [0.25, 0.3) is 0 Å². The molecule has 1 aliphatic carbocycles. The third-order valence-electron chi connectivity index (χ3n) is 3.82. The van der Waals surface area contributed by atoms with Crippen molar-refractivity contribution in [1.29, 1.82) is 0 Å². The molecule has 1 aromatic rings. The van der Waals surface area contributed by atoms with Crippen LogP contribution in [0.1, 0.15) is 38.3 Å². The topological polar surface area (TPSA) is 72.4 Å². The van der Waals surface area contributed by atoms with Crippen LogP contribution in [0.15, 0.2) is 16.9 Å². The van der Waals surface area contributed by atoms with Crippen molar-refractivity contribution in [2.45, 2.75) is 44.7 Å². The van der Waals surface area contributed by atoms with Crippen molar-refractivity contribution in [2.75, 3.05) is 7.05 Å². The van der Waals surface area contributed by atoms with Crippen LogP contribution in [0.3, 0.4) is 0 Å². The molecule has 1 fully saturated rings. The Kier molecular flexibility index (Phi) is 5.38. The Morgan fingerprint density at radius 3 is 2.95 bits per heavy atom. The molecule has 2 rings (SSSR count). The smallest absolute Gasteiger partial charge is 0.227 e. The quantitative estimate of drug-likeness (QED) is 0.922. The summed E-state index contributed by atoms with van der Waals surface area (Å²) in [5.74, 6) is 0.0332. The predicted molar refractivity (Wildman–Crippen MR) is 74.8 cm³/mol. The van der Waals surface area contributed by atoms with Gasteiger partial charge in [-0.25, -0.2) is 0 Å².